The van der Waals surface area contributed by atoms with Crippen LogP contribution in [0.3, 0.4) is 0 Å². The summed E-state index contributed by atoms with van der Waals surface area (Å²) >= 11 is 3.82. The Morgan fingerprint density at radius 1 is 1.00 bits per heavy atom. The number of ether oxygens (including phenoxy) is 1. The summed E-state index contributed by atoms with van der Waals surface area (Å²) < 4.78 is 6.81. The van der Waals surface area contributed by atoms with E-state index >= 15 is 0 Å². The lowest BCUT2D eigenvalue weighted by atomic mass is 9.97. The molecule has 0 aliphatic heterocycles. The lowest BCUT2D eigenvalue weighted by molar-refractivity contribution is -0.153. The molecule has 1 N–H and O–H groups in total. The Balaban J connectivity index is 1.56. The fourth-order valence-electron chi connectivity index (χ4n) is 4.81. The first-order valence-electron chi connectivity index (χ1n) is 13.5. The van der Waals surface area contributed by atoms with E-state index in [9.17, 15) is 4.79 Å². The highest BCUT2D eigenvalue weighted by molar-refractivity contribution is 9.10. The Hall–Kier alpha value is -3.36. The summed E-state index contributed by atoms with van der Waals surface area (Å²) in [5.41, 5.74) is 5.09. The highest BCUT2D eigenvalue weighted by Crippen LogP contribution is 2.33. The van der Waals surface area contributed by atoms with E-state index in [1.807, 2.05) is 48.5 Å². The number of carbonyl (C=O) groups is 1. The molecule has 0 fully saturated rings. The van der Waals surface area contributed by atoms with E-state index in [4.69, 9.17) is 4.74 Å². The summed E-state index contributed by atoms with van der Waals surface area (Å²) in [5.74, 6) is 0.489. The smallest absolute Gasteiger partial charge is 0.323 e. The van der Waals surface area contributed by atoms with Crippen LogP contribution < -0.4 is 0 Å². The molecule has 0 radical (unpaired) electrons. The molecule has 0 aliphatic rings. The molecular weight excluding hydrogens is 554 g/mol. The van der Waals surface area contributed by atoms with E-state index in [0.717, 1.165) is 58.1 Å². The Morgan fingerprint density at radius 3 is 2.41 bits per heavy atom. The van der Waals surface area contributed by atoms with Crippen LogP contribution in [0.15, 0.2) is 77.3 Å². The number of esters is 1. The van der Waals surface area contributed by atoms with Gasteiger partial charge in [-0.1, -0.05) is 116 Å². The summed E-state index contributed by atoms with van der Waals surface area (Å²) in [6.45, 7) is 8.12. The first kappa shape index (κ1) is 28.6. The minimum atomic E-state index is -0.337. The van der Waals surface area contributed by atoms with Gasteiger partial charge in [0.15, 0.2) is 0 Å². The number of hydrogen-bond acceptors (Lipinski definition) is 6. The van der Waals surface area contributed by atoms with Gasteiger partial charge in [-0.3, -0.25) is 9.69 Å². The number of unbranched alkanes of at least 4 members (excludes halogenated alkanes) is 2. The molecule has 0 aliphatic carbocycles. The van der Waals surface area contributed by atoms with Crippen LogP contribution >= 0.6 is 15.9 Å². The predicted molar refractivity (Wildman–Crippen MR) is 158 cm³/mol. The molecule has 0 saturated heterocycles. The molecule has 0 amide bonds. The number of tetrazole rings is 1. The largest absolute Gasteiger partial charge is 0.460 e. The number of aromatic amines is 1. The lowest BCUT2D eigenvalue weighted by Gasteiger charge is -2.33. The number of rotatable bonds is 13. The van der Waals surface area contributed by atoms with Crippen molar-refractivity contribution in [3.63, 3.8) is 0 Å². The fraction of sp³-hybridized carbons (Fsp3) is 0.355. The molecule has 3 aromatic carbocycles. The fourth-order valence-corrected chi connectivity index (χ4v) is 5.31. The van der Waals surface area contributed by atoms with Crippen LogP contribution in [0.25, 0.3) is 22.5 Å². The lowest BCUT2D eigenvalue weighted by Crippen LogP contribution is -2.45. The van der Waals surface area contributed by atoms with Gasteiger partial charge in [0.05, 0.1) is 0 Å². The summed E-state index contributed by atoms with van der Waals surface area (Å²) in [6.07, 6.45) is 3.27. The second-order valence-corrected chi connectivity index (χ2v) is 10.9. The molecule has 204 valence electrons. The summed E-state index contributed by atoms with van der Waals surface area (Å²) in [6, 6.07) is 23.9. The number of nitrogens with zero attached hydrogens (tertiary/aromatic N) is 4. The summed E-state index contributed by atoms with van der Waals surface area (Å²) in [4.78, 5) is 15.7. The average molecular weight is 591 g/mol. The van der Waals surface area contributed by atoms with Gasteiger partial charge in [-0.2, -0.15) is 5.21 Å². The molecule has 0 saturated carbocycles. The Bertz CT molecular complexity index is 1330. The molecule has 0 unspecified atom stereocenters. The van der Waals surface area contributed by atoms with Gasteiger partial charge in [0.2, 0.25) is 5.82 Å². The van der Waals surface area contributed by atoms with E-state index in [1.165, 1.54) is 0 Å². The van der Waals surface area contributed by atoms with Crippen molar-refractivity contribution < 1.29 is 9.53 Å². The highest BCUT2D eigenvalue weighted by atomic mass is 79.9. The zero-order valence-electron chi connectivity index (χ0n) is 22.8. The van der Waals surface area contributed by atoms with Crippen molar-refractivity contribution in [2.24, 2.45) is 5.92 Å². The van der Waals surface area contributed by atoms with E-state index in [-0.39, 0.29) is 24.5 Å². The van der Waals surface area contributed by atoms with Crippen LogP contribution in [0.2, 0.25) is 0 Å². The van der Waals surface area contributed by atoms with Crippen molar-refractivity contribution >= 4 is 21.9 Å². The SMILES string of the molecule is CCCCCN(Cc1ccc(-c2ccccc2-c2nn[nH]n2)cc1Br)[C@H](C(=O)OCc1ccccc1)C(C)C. The summed E-state index contributed by atoms with van der Waals surface area (Å²) in [7, 11) is 0. The molecule has 39 heavy (non-hydrogen) atoms. The van der Waals surface area contributed by atoms with Crippen molar-refractivity contribution in [2.45, 2.75) is 59.2 Å². The number of H-pyrrole nitrogens is 1. The van der Waals surface area contributed by atoms with Crippen molar-refractivity contribution in [3.05, 3.63) is 88.4 Å². The van der Waals surface area contributed by atoms with Crippen molar-refractivity contribution in [2.75, 3.05) is 6.54 Å². The minimum absolute atomic E-state index is 0.106. The van der Waals surface area contributed by atoms with Crippen molar-refractivity contribution in [3.8, 4) is 22.5 Å². The number of carbonyl (C=O) groups excluding carboxylic acids is 1. The first-order valence-corrected chi connectivity index (χ1v) is 14.3. The number of aromatic nitrogens is 4. The first-order chi connectivity index (χ1) is 19.0. The van der Waals surface area contributed by atoms with Crippen LogP contribution in [-0.4, -0.2) is 44.1 Å². The highest BCUT2D eigenvalue weighted by Gasteiger charge is 2.31. The number of halogens is 1. The maximum absolute atomic E-state index is 13.4. The normalized spacial score (nSPS) is 12.2. The second-order valence-electron chi connectivity index (χ2n) is 10.0. The van der Waals surface area contributed by atoms with Crippen molar-refractivity contribution in [1.82, 2.24) is 25.5 Å². The Morgan fingerprint density at radius 2 is 1.74 bits per heavy atom. The zero-order valence-corrected chi connectivity index (χ0v) is 24.4. The van der Waals surface area contributed by atoms with Gasteiger partial charge < -0.3 is 4.74 Å². The number of hydrogen-bond donors (Lipinski definition) is 1. The summed E-state index contributed by atoms with van der Waals surface area (Å²) in [5, 5.41) is 14.6. The second kappa shape index (κ2) is 14.1. The van der Waals surface area contributed by atoms with Crippen LogP contribution in [0.5, 0.6) is 0 Å². The monoisotopic (exact) mass is 589 g/mol. The predicted octanol–water partition coefficient (Wildman–Crippen LogP) is 7.06. The van der Waals surface area contributed by atoms with Crippen LogP contribution in [0.1, 0.15) is 51.2 Å². The molecule has 4 rings (SSSR count). The van der Waals surface area contributed by atoms with Gasteiger partial charge in [0.25, 0.3) is 0 Å². The van der Waals surface area contributed by atoms with E-state index in [1.54, 1.807) is 0 Å². The van der Waals surface area contributed by atoms with E-state index < -0.39 is 0 Å². The molecule has 0 spiro atoms. The van der Waals surface area contributed by atoms with Gasteiger partial charge >= 0.3 is 5.97 Å². The number of benzene rings is 3. The van der Waals surface area contributed by atoms with E-state index in [0.29, 0.717) is 12.4 Å². The van der Waals surface area contributed by atoms with Crippen LogP contribution in [-0.2, 0) is 22.7 Å². The minimum Gasteiger partial charge on any atom is -0.460 e. The van der Waals surface area contributed by atoms with Gasteiger partial charge in [-0.25, -0.2) is 0 Å². The molecule has 8 heteroatoms. The third-order valence-electron chi connectivity index (χ3n) is 6.79. The molecule has 1 atom stereocenters. The molecule has 1 aromatic heterocycles. The molecular formula is C31H36BrN5O2. The molecule has 1 heterocycles. The maximum Gasteiger partial charge on any atom is 0.323 e. The Kier molecular flexibility index (Phi) is 10.4. The van der Waals surface area contributed by atoms with Crippen molar-refractivity contribution in [1.29, 1.82) is 0 Å². The molecule has 4 aromatic rings. The Labute approximate surface area is 239 Å². The maximum atomic E-state index is 13.4. The van der Waals surface area contributed by atoms with Gasteiger partial charge in [0.1, 0.15) is 12.6 Å². The zero-order chi connectivity index (χ0) is 27.6. The van der Waals surface area contributed by atoms with E-state index in [2.05, 4.69) is 86.5 Å². The topological polar surface area (TPSA) is 84.0 Å². The quantitative estimate of drug-likeness (QED) is 0.133. The van der Waals surface area contributed by atoms with Gasteiger partial charge in [-0.15, -0.1) is 10.2 Å². The van der Waals surface area contributed by atoms with Crippen LogP contribution in [0, 0.1) is 5.92 Å². The van der Waals surface area contributed by atoms with Crippen LogP contribution in [0.4, 0.5) is 0 Å². The third-order valence-corrected chi connectivity index (χ3v) is 7.53. The standard InChI is InChI=1S/C31H36BrN5O2/c1-4-5-11-18-37(29(22(2)3)31(38)39-21-23-12-7-6-8-13-23)20-25-17-16-24(19-28(25)32)26-14-9-10-15-27(26)30-33-35-36-34-30/h6-10,12-17,19,22,29H,4-5,11,18,20-21H2,1-3H3,(H,33,34,35,36)/t29-/m0/s1. The third kappa shape index (κ3) is 7.61. The number of nitrogens with one attached hydrogen (secondary N) is 1. The molecule has 0 bridgehead atoms. The van der Waals surface area contributed by atoms with Gasteiger partial charge in [-0.05, 0) is 52.4 Å². The van der Waals surface area contributed by atoms with Gasteiger partial charge in [0, 0.05) is 16.6 Å². The average Bonchev–Trinajstić information content (AvgIpc) is 3.48. The molecule has 7 nitrogen and oxygen atoms in total.